The van der Waals surface area contributed by atoms with Gasteiger partial charge in [0.05, 0.1) is 30.1 Å². The standard InChI is InChI=1S/C35H43N7O3/c1-22-6-4-5-7-27(22)33(37-2)31-28(36)10-8-24-21-38-35(41-32(24)31)40-29-11-9-23(20-30(29)44-3)34(43)39-25-12-16-42(17-13-25)26-14-18-45-19-15-26/h4-7,9,11,20-21,25-26,31,36H,8,10,12-19H2,1-3H3,(H,39,43)(H,38,40,41). The number of nitrogens with zero attached hydrogens (tertiary/aromatic N) is 4. The van der Waals surface area contributed by atoms with Crippen LogP contribution in [-0.2, 0) is 11.2 Å². The number of nitrogens with one attached hydrogen (secondary N) is 3. The summed E-state index contributed by atoms with van der Waals surface area (Å²) in [6.07, 6.45) is 7.29. The average molecular weight is 610 g/mol. The highest BCUT2D eigenvalue weighted by molar-refractivity contribution is 6.19. The van der Waals surface area contributed by atoms with E-state index in [0.29, 0.717) is 41.1 Å². The molecule has 10 heteroatoms. The van der Waals surface area contributed by atoms with Gasteiger partial charge in [0, 0.05) is 62.9 Å². The number of rotatable bonds is 8. The molecule has 3 N–H and O–H groups in total. The Labute approximate surface area is 265 Å². The highest BCUT2D eigenvalue weighted by atomic mass is 16.5. The van der Waals surface area contributed by atoms with Crippen LogP contribution in [0.2, 0.25) is 0 Å². The maximum Gasteiger partial charge on any atom is 0.251 e. The van der Waals surface area contributed by atoms with E-state index in [4.69, 9.17) is 19.9 Å². The molecule has 1 atom stereocenters. The second kappa shape index (κ2) is 13.9. The first-order chi connectivity index (χ1) is 21.9. The van der Waals surface area contributed by atoms with Crippen LogP contribution in [0.4, 0.5) is 11.6 Å². The smallest absolute Gasteiger partial charge is 0.251 e. The van der Waals surface area contributed by atoms with Crippen LogP contribution in [0.1, 0.15) is 70.8 Å². The van der Waals surface area contributed by atoms with Crippen molar-refractivity contribution in [3.05, 3.63) is 76.6 Å². The van der Waals surface area contributed by atoms with Gasteiger partial charge in [-0.2, -0.15) is 0 Å². The predicted octanol–water partition coefficient (Wildman–Crippen LogP) is 5.08. The zero-order valence-corrected chi connectivity index (χ0v) is 26.4. The highest BCUT2D eigenvalue weighted by Gasteiger charge is 2.33. The fourth-order valence-electron chi connectivity index (χ4n) is 6.85. The SMILES string of the molecule is CN=C(c1ccccc1C)C1C(=N)CCc2cnc(Nc3ccc(C(=O)NC4CCN(C5CCOCC5)CC4)cc3OC)nc21. The Hall–Kier alpha value is -4.15. The minimum atomic E-state index is -0.347. The number of carbonyl (C=O) groups excluding carboxylic acids is 1. The van der Waals surface area contributed by atoms with Gasteiger partial charge in [0.25, 0.3) is 5.91 Å². The molecular formula is C35H43N7O3. The van der Waals surface area contributed by atoms with Crippen LogP contribution in [0, 0.1) is 12.3 Å². The van der Waals surface area contributed by atoms with Gasteiger partial charge in [-0.15, -0.1) is 0 Å². The molecule has 0 spiro atoms. The van der Waals surface area contributed by atoms with Gasteiger partial charge in [-0.3, -0.25) is 9.79 Å². The van der Waals surface area contributed by atoms with E-state index in [1.807, 2.05) is 24.4 Å². The number of methoxy groups -OCH3 is 1. The second-order valence-corrected chi connectivity index (χ2v) is 12.2. The third kappa shape index (κ3) is 6.77. The predicted molar refractivity (Wildman–Crippen MR) is 177 cm³/mol. The van der Waals surface area contributed by atoms with Crippen molar-refractivity contribution in [3.8, 4) is 5.75 Å². The van der Waals surface area contributed by atoms with Crippen molar-refractivity contribution in [3.63, 3.8) is 0 Å². The number of anilines is 2. The quantitative estimate of drug-likeness (QED) is 0.304. The zero-order chi connectivity index (χ0) is 31.3. The summed E-state index contributed by atoms with van der Waals surface area (Å²) in [5.74, 6) is 0.483. The van der Waals surface area contributed by atoms with Crippen molar-refractivity contribution in [2.45, 2.75) is 63.5 Å². The van der Waals surface area contributed by atoms with Crippen LogP contribution < -0.4 is 15.4 Å². The Balaban J connectivity index is 1.15. The van der Waals surface area contributed by atoms with Crippen LogP contribution in [-0.4, -0.2) is 84.7 Å². The van der Waals surface area contributed by atoms with Crippen molar-refractivity contribution >= 4 is 29.0 Å². The molecule has 1 amide bonds. The number of likely N-dealkylation sites (tertiary alicyclic amines) is 1. The van der Waals surface area contributed by atoms with Crippen LogP contribution >= 0.6 is 0 Å². The lowest BCUT2D eigenvalue weighted by Gasteiger charge is -2.39. The Bertz CT molecular complexity index is 1580. The third-order valence-electron chi connectivity index (χ3n) is 9.40. The number of hydrogen-bond donors (Lipinski definition) is 3. The number of aliphatic imine (C=N–C) groups is 1. The van der Waals surface area contributed by atoms with E-state index >= 15 is 0 Å². The van der Waals surface area contributed by atoms with Gasteiger partial charge < -0.3 is 30.4 Å². The summed E-state index contributed by atoms with van der Waals surface area (Å²) in [5, 5.41) is 15.4. The summed E-state index contributed by atoms with van der Waals surface area (Å²) in [4.78, 5) is 30.0. The first-order valence-electron chi connectivity index (χ1n) is 16.0. The molecular weight excluding hydrogens is 566 g/mol. The maximum atomic E-state index is 13.2. The number of benzene rings is 2. The number of carbonyl (C=O) groups is 1. The highest BCUT2D eigenvalue weighted by Crippen LogP contribution is 2.34. The first kappa shape index (κ1) is 30.9. The van der Waals surface area contributed by atoms with E-state index in [9.17, 15) is 4.79 Å². The van der Waals surface area contributed by atoms with E-state index in [1.165, 1.54) is 0 Å². The molecule has 0 radical (unpaired) electrons. The molecule has 3 aromatic rings. The number of ether oxygens (including phenoxy) is 2. The maximum absolute atomic E-state index is 13.2. The molecule has 3 aliphatic rings. The Morgan fingerprint density at radius 2 is 1.87 bits per heavy atom. The molecule has 10 nitrogen and oxygen atoms in total. The molecule has 0 bridgehead atoms. The molecule has 1 aromatic heterocycles. The summed E-state index contributed by atoms with van der Waals surface area (Å²) in [6, 6.07) is 14.3. The van der Waals surface area contributed by atoms with E-state index in [2.05, 4.69) is 44.6 Å². The van der Waals surface area contributed by atoms with E-state index in [1.54, 1.807) is 26.3 Å². The molecule has 3 heterocycles. The van der Waals surface area contributed by atoms with Gasteiger partial charge in [0.2, 0.25) is 5.95 Å². The van der Waals surface area contributed by atoms with Crippen molar-refractivity contribution in [2.24, 2.45) is 4.99 Å². The molecule has 2 saturated heterocycles. The first-order valence-corrected chi connectivity index (χ1v) is 16.0. The molecule has 1 unspecified atom stereocenters. The minimum Gasteiger partial charge on any atom is -0.495 e. The van der Waals surface area contributed by atoms with Crippen LogP contribution in [0.3, 0.4) is 0 Å². The molecule has 0 saturated carbocycles. The fourth-order valence-corrected chi connectivity index (χ4v) is 6.85. The largest absolute Gasteiger partial charge is 0.495 e. The lowest BCUT2D eigenvalue weighted by atomic mass is 9.79. The van der Waals surface area contributed by atoms with Gasteiger partial charge in [0.1, 0.15) is 5.75 Å². The molecule has 2 aliphatic heterocycles. The monoisotopic (exact) mass is 609 g/mol. The molecule has 6 rings (SSSR count). The lowest BCUT2D eigenvalue weighted by molar-refractivity contribution is 0.0238. The fraction of sp³-hybridized carbons (Fsp3) is 0.457. The van der Waals surface area contributed by atoms with Crippen LogP contribution in [0.5, 0.6) is 5.75 Å². The Morgan fingerprint density at radius 3 is 2.60 bits per heavy atom. The van der Waals surface area contributed by atoms with E-state index in [0.717, 1.165) is 86.5 Å². The zero-order valence-electron chi connectivity index (χ0n) is 26.4. The number of amides is 1. The number of fused-ring (bicyclic) bond motifs is 1. The van der Waals surface area contributed by atoms with Crippen molar-refractivity contribution in [1.82, 2.24) is 20.2 Å². The average Bonchev–Trinajstić information content (AvgIpc) is 3.07. The van der Waals surface area contributed by atoms with E-state index < -0.39 is 0 Å². The van der Waals surface area contributed by atoms with Crippen molar-refractivity contribution in [2.75, 3.05) is 45.8 Å². The normalized spacial score (nSPS) is 20.0. The minimum absolute atomic E-state index is 0.0988. The molecule has 2 fully saturated rings. The molecule has 1 aliphatic carbocycles. The van der Waals surface area contributed by atoms with Gasteiger partial charge in [-0.25, -0.2) is 9.97 Å². The summed E-state index contributed by atoms with van der Waals surface area (Å²) in [5.41, 5.74) is 6.59. The summed E-state index contributed by atoms with van der Waals surface area (Å²) in [7, 11) is 3.37. The lowest BCUT2D eigenvalue weighted by Crippen LogP contribution is -2.49. The van der Waals surface area contributed by atoms with Crippen molar-refractivity contribution in [1.29, 1.82) is 5.41 Å². The summed E-state index contributed by atoms with van der Waals surface area (Å²) < 4.78 is 11.2. The number of aromatic nitrogens is 2. The van der Waals surface area contributed by atoms with Gasteiger partial charge in [0.15, 0.2) is 0 Å². The van der Waals surface area contributed by atoms with Gasteiger partial charge in [-0.1, -0.05) is 24.3 Å². The Kier molecular flexibility index (Phi) is 9.51. The van der Waals surface area contributed by atoms with Crippen LogP contribution in [0.25, 0.3) is 0 Å². The van der Waals surface area contributed by atoms with Gasteiger partial charge in [-0.05, 0) is 80.3 Å². The Morgan fingerprint density at radius 1 is 1.09 bits per heavy atom. The van der Waals surface area contributed by atoms with Crippen molar-refractivity contribution < 1.29 is 14.3 Å². The summed E-state index contributed by atoms with van der Waals surface area (Å²) in [6.45, 7) is 5.76. The molecule has 236 valence electrons. The molecule has 2 aromatic carbocycles. The topological polar surface area (TPSA) is 125 Å². The third-order valence-corrected chi connectivity index (χ3v) is 9.40. The van der Waals surface area contributed by atoms with E-state index in [-0.39, 0.29) is 17.9 Å². The number of hydrogen-bond acceptors (Lipinski definition) is 9. The second-order valence-electron chi connectivity index (χ2n) is 12.2. The van der Waals surface area contributed by atoms with Gasteiger partial charge >= 0.3 is 0 Å². The summed E-state index contributed by atoms with van der Waals surface area (Å²) >= 11 is 0. The number of piperidine rings is 1. The van der Waals surface area contributed by atoms with Crippen LogP contribution in [0.15, 0.2) is 53.7 Å². The number of aryl methyl sites for hydroxylation is 2. The molecule has 45 heavy (non-hydrogen) atoms.